The zero-order valence-electron chi connectivity index (χ0n) is 11.4. The van der Waals surface area contributed by atoms with Gasteiger partial charge in [0.1, 0.15) is 17.0 Å². The van der Waals surface area contributed by atoms with E-state index in [1.54, 1.807) is 11.8 Å². The van der Waals surface area contributed by atoms with Crippen molar-refractivity contribution in [2.24, 2.45) is 0 Å². The minimum absolute atomic E-state index is 0.316. The van der Waals surface area contributed by atoms with Crippen molar-refractivity contribution in [1.82, 2.24) is 25.1 Å². The van der Waals surface area contributed by atoms with Gasteiger partial charge < -0.3 is 0 Å². The SMILES string of the molecule is CSCc1cc(-c2sc(-c3cncnc3F)nc2C)n[nH]1. The molecule has 21 heavy (non-hydrogen) atoms. The van der Waals surface area contributed by atoms with Gasteiger partial charge in [0.2, 0.25) is 5.95 Å². The molecule has 0 aromatic carbocycles. The Morgan fingerprint density at radius 1 is 1.43 bits per heavy atom. The summed E-state index contributed by atoms with van der Waals surface area (Å²) in [5, 5.41) is 7.87. The van der Waals surface area contributed by atoms with Gasteiger partial charge in [0.25, 0.3) is 0 Å². The van der Waals surface area contributed by atoms with E-state index in [2.05, 4.69) is 25.1 Å². The van der Waals surface area contributed by atoms with Crippen molar-refractivity contribution in [1.29, 1.82) is 0 Å². The molecule has 108 valence electrons. The monoisotopic (exact) mass is 321 g/mol. The molecule has 3 aromatic heterocycles. The van der Waals surface area contributed by atoms with Crippen molar-refractivity contribution >= 4 is 23.1 Å². The Morgan fingerprint density at radius 2 is 2.29 bits per heavy atom. The third-order valence-electron chi connectivity index (χ3n) is 2.85. The van der Waals surface area contributed by atoms with Crippen LogP contribution in [-0.4, -0.2) is 31.4 Å². The molecule has 0 spiro atoms. The summed E-state index contributed by atoms with van der Waals surface area (Å²) in [5.74, 6) is 0.314. The fraction of sp³-hybridized carbons (Fsp3) is 0.231. The topological polar surface area (TPSA) is 67.3 Å². The molecule has 0 saturated heterocycles. The van der Waals surface area contributed by atoms with E-state index >= 15 is 0 Å². The molecular weight excluding hydrogens is 309 g/mol. The summed E-state index contributed by atoms with van der Waals surface area (Å²) in [6.07, 6.45) is 4.66. The highest BCUT2D eigenvalue weighted by Gasteiger charge is 2.16. The number of hydrogen-bond acceptors (Lipinski definition) is 6. The number of thioether (sulfide) groups is 1. The van der Waals surface area contributed by atoms with Gasteiger partial charge in [0, 0.05) is 17.6 Å². The molecule has 0 amide bonds. The molecule has 0 fully saturated rings. The average molecular weight is 321 g/mol. The lowest BCUT2D eigenvalue weighted by Crippen LogP contribution is -1.89. The summed E-state index contributed by atoms with van der Waals surface area (Å²) < 4.78 is 13.7. The number of H-pyrrole nitrogens is 1. The Bertz CT molecular complexity index is 768. The van der Waals surface area contributed by atoms with Gasteiger partial charge in [0.05, 0.1) is 16.1 Å². The van der Waals surface area contributed by atoms with Gasteiger partial charge in [-0.25, -0.2) is 15.0 Å². The minimum Gasteiger partial charge on any atom is -0.281 e. The highest BCUT2D eigenvalue weighted by molar-refractivity contribution is 7.97. The molecule has 0 aliphatic rings. The maximum atomic E-state index is 13.7. The van der Waals surface area contributed by atoms with Crippen LogP contribution in [0.25, 0.3) is 21.1 Å². The van der Waals surface area contributed by atoms with E-state index in [9.17, 15) is 4.39 Å². The van der Waals surface area contributed by atoms with Crippen molar-refractivity contribution in [2.75, 3.05) is 6.26 Å². The Kier molecular flexibility index (Phi) is 3.98. The number of aromatic nitrogens is 5. The quantitative estimate of drug-likeness (QED) is 0.747. The summed E-state index contributed by atoms with van der Waals surface area (Å²) in [7, 11) is 0. The molecular formula is C13H12FN5S2. The molecule has 0 radical (unpaired) electrons. The van der Waals surface area contributed by atoms with Crippen molar-refractivity contribution in [3.63, 3.8) is 0 Å². The Hall–Kier alpha value is -1.80. The van der Waals surface area contributed by atoms with E-state index < -0.39 is 5.95 Å². The number of nitrogens with zero attached hydrogens (tertiary/aromatic N) is 4. The van der Waals surface area contributed by atoms with Crippen molar-refractivity contribution in [3.8, 4) is 21.1 Å². The van der Waals surface area contributed by atoms with Gasteiger partial charge >= 0.3 is 0 Å². The molecule has 8 heteroatoms. The third-order valence-corrected chi connectivity index (χ3v) is 4.67. The molecule has 3 heterocycles. The largest absolute Gasteiger partial charge is 0.281 e. The van der Waals surface area contributed by atoms with Crippen LogP contribution < -0.4 is 0 Å². The first kappa shape index (κ1) is 14.2. The van der Waals surface area contributed by atoms with Gasteiger partial charge in [-0.15, -0.1) is 11.3 Å². The van der Waals surface area contributed by atoms with E-state index in [0.717, 1.165) is 27.7 Å². The second-order valence-electron chi connectivity index (χ2n) is 4.37. The third kappa shape index (κ3) is 2.81. The lowest BCUT2D eigenvalue weighted by atomic mass is 10.3. The zero-order chi connectivity index (χ0) is 14.8. The lowest BCUT2D eigenvalue weighted by Gasteiger charge is -1.94. The van der Waals surface area contributed by atoms with E-state index in [-0.39, 0.29) is 0 Å². The summed E-state index contributed by atoms with van der Waals surface area (Å²) >= 11 is 3.11. The van der Waals surface area contributed by atoms with Gasteiger partial charge in [-0.1, -0.05) is 0 Å². The van der Waals surface area contributed by atoms with Crippen LogP contribution in [0.15, 0.2) is 18.6 Å². The first-order valence-electron chi connectivity index (χ1n) is 6.16. The Labute approximate surface area is 129 Å². The van der Waals surface area contributed by atoms with Crippen LogP contribution in [0.5, 0.6) is 0 Å². The number of hydrogen-bond donors (Lipinski definition) is 1. The van der Waals surface area contributed by atoms with Crippen LogP contribution in [0.1, 0.15) is 11.4 Å². The molecule has 3 aromatic rings. The molecule has 0 unspecified atom stereocenters. The predicted molar refractivity (Wildman–Crippen MR) is 82.6 cm³/mol. The normalized spacial score (nSPS) is 11.0. The van der Waals surface area contributed by atoms with Crippen LogP contribution in [0.2, 0.25) is 0 Å². The molecule has 0 aliphatic carbocycles. The van der Waals surface area contributed by atoms with Crippen LogP contribution in [-0.2, 0) is 5.75 Å². The van der Waals surface area contributed by atoms with E-state index in [4.69, 9.17) is 0 Å². The number of thiazole rings is 1. The minimum atomic E-state index is -0.560. The first-order chi connectivity index (χ1) is 10.2. The number of aromatic amines is 1. The van der Waals surface area contributed by atoms with Crippen LogP contribution in [0, 0.1) is 12.9 Å². The maximum absolute atomic E-state index is 13.7. The fourth-order valence-corrected chi connectivity index (χ4v) is 3.40. The summed E-state index contributed by atoms with van der Waals surface area (Å²) in [6.45, 7) is 1.89. The van der Waals surface area contributed by atoms with E-state index in [1.807, 2.05) is 19.2 Å². The summed E-state index contributed by atoms with van der Waals surface area (Å²) in [6, 6.07) is 2.00. The molecule has 0 aliphatic heterocycles. The lowest BCUT2D eigenvalue weighted by molar-refractivity contribution is 0.583. The molecule has 3 rings (SSSR count). The van der Waals surface area contributed by atoms with Crippen molar-refractivity contribution < 1.29 is 4.39 Å². The number of rotatable bonds is 4. The molecule has 0 atom stereocenters. The average Bonchev–Trinajstić information content (AvgIpc) is 3.06. The molecule has 0 saturated carbocycles. The van der Waals surface area contributed by atoms with Gasteiger partial charge in [0.15, 0.2) is 0 Å². The van der Waals surface area contributed by atoms with E-state index in [1.165, 1.54) is 23.9 Å². The number of halogens is 1. The fourth-order valence-electron chi connectivity index (χ4n) is 1.91. The highest BCUT2D eigenvalue weighted by atomic mass is 32.2. The second-order valence-corrected chi connectivity index (χ2v) is 6.24. The zero-order valence-corrected chi connectivity index (χ0v) is 13.1. The molecule has 5 nitrogen and oxygen atoms in total. The number of nitrogens with one attached hydrogen (secondary N) is 1. The van der Waals surface area contributed by atoms with Gasteiger partial charge in [-0.05, 0) is 19.2 Å². The maximum Gasteiger partial charge on any atom is 0.226 e. The van der Waals surface area contributed by atoms with Crippen LogP contribution >= 0.6 is 23.1 Å². The molecule has 0 bridgehead atoms. The van der Waals surface area contributed by atoms with E-state index in [0.29, 0.717) is 10.6 Å². The highest BCUT2D eigenvalue weighted by Crippen LogP contribution is 2.34. The predicted octanol–water partition coefficient (Wildman–Crippen LogP) is 3.30. The standard InChI is InChI=1S/C13H12FN5S2/c1-7-11(10-3-8(5-20-2)18-19-10)21-13(17-7)9-4-15-6-16-12(9)14/h3-4,6H,5H2,1-2H3,(H,18,19). The van der Waals surface area contributed by atoms with Crippen LogP contribution in [0.4, 0.5) is 4.39 Å². The first-order valence-corrected chi connectivity index (χ1v) is 8.37. The molecule has 1 N–H and O–H groups in total. The van der Waals surface area contributed by atoms with Crippen molar-refractivity contribution in [3.05, 3.63) is 35.9 Å². The Morgan fingerprint density at radius 3 is 3.05 bits per heavy atom. The number of aryl methyl sites for hydroxylation is 1. The summed E-state index contributed by atoms with van der Waals surface area (Å²) in [4.78, 5) is 12.8. The van der Waals surface area contributed by atoms with Crippen LogP contribution in [0.3, 0.4) is 0 Å². The smallest absolute Gasteiger partial charge is 0.226 e. The van der Waals surface area contributed by atoms with Gasteiger partial charge in [-0.2, -0.15) is 21.3 Å². The second kappa shape index (κ2) is 5.90. The van der Waals surface area contributed by atoms with Gasteiger partial charge in [-0.3, -0.25) is 5.10 Å². The summed E-state index contributed by atoms with van der Waals surface area (Å²) in [5.41, 5.74) is 3.02. The Balaban J connectivity index is 1.99. The van der Waals surface area contributed by atoms with Crippen molar-refractivity contribution in [2.45, 2.75) is 12.7 Å².